The van der Waals surface area contributed by atoms with E-state index >= 15 is 0 Å². The second-order valence-corrected chi connectivity index (χ2v) is 15.3. The lowest BCUT2D eigenvalue weighted by Gasteiger charge is -2.37. The summed E-state index contributed by atoms with van der Waals surface area (Å²) >= 11 is 0. The summed E-state index contributed by atoms with van der Waals surface area (Å²) in [5.74, 6) is -0.755. The molecule has 0 unspecified atom stereocenters. The van der Waals surface area contributed by atoms with E-state index in [2.05, 4.69) is 38.8 Å². The Morgan fingerprint density at radius 3 is 2.24 bits per heavy atom. The third-order valence-corrected chi connectivity index (χ3v) is 11.7. The predicted molar refractivity (Wildman–Crippen MR) is 128 cm³/mol. The van der Waals surface area contributed by atoms with E-state index in [1.165, 1.54) is 15.7 Å². The van der Waals surface area contributed by atoms with Crippen molar-refractivity contribution in [2.24, 2.45) is 0 Å². The summed E-state index contributed by atoms with van der Waals surface area (Å²) < 4.78 is 13.9. The van der Waals surface area contributed by atoms with E-state index in [0.29, 0.717) is 16.7 Å². The molecule has 0 spiro atoms. The van der Waals surface area contributed by atoms with E-state index in [0.717, 1.165) is 0 Å². The van der Waals surface area contributed by atoms with Gasteiger partial charge in [-0.2, -0.15) is 0 Å². The highest BCUT2D eigenvalue weighted by molar-refractivity contribution is 6.74. The minimum absolute atomic E-state index is 0.0387. The first kappa shape index (κ1) is 24.3. The van der Waals surface area contributed by atoms with Gasteiger partial charge >= 0.3 is 5.69 Å². The zero-order valence-electron chi connectivity index (χ0n) is 20.4. The standard InChI is InChI=1S/C24H31N3O6Si/c1-14-12-26(23(31)25-20(14)28)19-11-17(18(33-19)13-32-34(5,6)24(2,3)4)27-21(29)15-9-7-8-10-16(15)22(27)30/h7-10,12,17-19H,11,13H2,1-6H3,(H,25,28,31)/t17-,18+,19+/m1/s1. The van der Waals surface area contributed by atoms with Gasteiger partial charge in [-0.1, -0.05) is 32.9 Å². The molecule has 9 nitrogen and oxygen atoms in total. The Kier molecular flexibility index (Phi) is 6.03. The number of rotatable bonds is 5. The number of carbonyl (C=O) groups is 2. The molecule has 2 amide bonds. The van der Waals surface area contributed by atoms with Crippen molar-refractivity contribution >= 4 is 20.1 Å². The molecule has 1 aromatic carbocycles. The van der Waals surface area contributed by atoms with Crippen LogP contribution in [0.1, 0.15) is 59.7 Å². The molecule has 1 N–H and O–H groups in total. The first-order valence-electron chi connectivity index (χ1n) is 11.4. The lowest BCUT2D eigenvalue weighted by molar-refractivity contribution is -0.0326. The molecular weight excluding hydrogens is 454 g/mol. The zero-order valence-corrected chi connectivity index (χ0v) is 21.4. The zero-order chi connectivity index (χ0) is 25.0. The Balaban J connectivity index is 1.68. The number of aryl methyl sites for hydroxylation is 1. The van der Waals surface area contributed by atoms with Crippen molar-refractivity contribution in [1.82, 2.24) is 14.5 Å². The third-order valence-electron chi connectivity index (χ3n) is 7.23. The summed E-state index contributed by atoms with van der Waals surface area (Å²) in [7, 11) is -2.15. The van der Waals surface area contributed by atoms with Gasteiger partial charge in [0, 0.05) is 18.2 Å². The average molecular weight is 486 g/mol. The average Bonchev–Trinajstić information content (AvgIpc) is 3.27. The topological polar surface area (TPSA) is 111 Å². The van der Waals surface area contributed by atoms with E-state index in [1.54, 1.807) is 31.2 Å². The molecule has 3 heterocycles. The van der Waals surface area contributed by atoms with Crippen molar-refractivity contribution in [2.75, 3.05) is 6.61 Å². The Morgan fingerprint density at radius 1 is 1.09 bits per heavy atom. The number of H-pyrrole nitrogens is 1. The van der Waals surface area contributed by atoms with Crippen LogP contribution in [0.15, 0.2) is 40.1 Å². The van der Waals surface area contributed by atoms with Crippen molar-refractivity contribution in [3.05, 3.63) is 68.0 Å². The summed E-state index contributed by atoms with van der Waals surface area (Å²) in [5.41, 5.74) is 0.0113. The molecule has 3 atom stereocenters. The number of hydrogen-bond acceptors (Lipinski definition) is 6. The molecule has 0 radical (unpaired) electrons. The third kappa shape index (κ3) is 4.10. The fourth-order valence-electron chi connectivity index (χ4n) is 4.12. The monoisotopic (exact) mass is 485 g/mol. The van der Waals surface area contributed by atoms with E-state index in [9.17, 15) is 19.2 Å². The maximum Gasteiger partial charge on any atom is 0.330 e. The summed E-state index contributed by atoms with van der Waals surface area (Å²) in [6.07, 6.45) is 0.274. The maximum atomic E-state index is 13.2. The van der Waals surface area contributed by atoms with Gasteiger partial charge in [-0.25, -0.2) is 4.79 Å². The molecule has 1 fully saturated rings. The van der Waals surface area contributed by atoms with Crippen molar-refractivity contribution in [1.29, 1.82) is 0 Å². The number of benzene rings is 1. The van der Waals surface area contributed by atoms with Crippen LogP contribution >= 0.6 is 0 Å². The highest BCUT2D eigenvalue weighted by atomic mass is 28.4. The predicted octanol–water partition coefficient (Wildman–Crippen LogP) is 2.82. The minimum atomic E-state index is -2.15. The van der Waals surface area contributed by atoms with Gasteiger partial charge in [-0.3, -0.25) is 28.8 Å². The van der Waals surface area contributed by atoms with Crippen molar-refractivity contribution in [3.63, 3.8) is 0 Å². The van der Waals surface area contributed by atoms with Crippen LogP contribution in [0, 0.1) is 6.92 Å². The second-order valence-electron chi connectivity index (χ2n) is 10.5. The first-order chi connectivity index (χ1) is 15.8. The van der Waals surface area contributed by atoms with Crippen molar-refractivity contribution in [3.8, 4) is 0 Å². The van der Waals surface area contributed by atoms with Gasteiger partial charge < -0.3 is 9.16 Å². The van der Waals surface area contributed by atoms with Gasteiger partial charge in [0.15, 0.2) is 8.32 Å². The van der Waals surface area contributed by atoms with Gasteiger partial charge in [-0.05, 0) is 37.2 Å². The van der Waals surface area contributed by atoms with Gasteiger partial charge in [0.2, 0.25) is 0 Å². The Hall–Kier alpha value is -2.82. The number of carbonyl (C=O) groups excluding carboxylic acids is 2. The lowest BCUT2D eigenvalue weighted by Crippen LogP contribution is -2.49. The molecule has 2 aromatic rings. The Bertz CT molecular complexity index is 1220. The number of ether oxygens (including phenoxy) is 1. The molecule has 182 valence electrons. The van der Waals surface area contributed by atoms with Crippen LogP contribution in [0.3, 0.4) is 0 Å². The largest absolute Gasteiger partial charge is 0.414 e. The summed E-state index contributed by atoms with van der Waals surface area (Å²) in [6, 6.07) is 6.10. The van der Waals surface area contributed by atoms with Crippen LogP contribution in [0.2, 0.25) is 18.1 Å². The number of aromatic nitrogens is 2. The molecule has 2 aliphatic heterocycles. The summed E-state index contributed by atoms with van der Waals surface area (Å²) in [5, 5.41) is -0.0387. The summed E-state index contributed by atoms with van der Waals surface area (Å²) in [6.45, 7) is 12.4. The number of aromatic amines is 1. The number of hydrogen-bond donors (Lipinski definition) is 1. The van der Waals surface area contributed by atoms with Crippen LogP contribution in [0.5, 0.6) is 0 Å². The molecule has 34 heavy (non-hydrogen) atoms. The number of fused-ring (bicyclic) bond motifs is 1. The first-order valence-corrected chi connectivity index (χ1v) is 14.3. The molecule has 1 aromatic heterocycles. The van der Waals surface area contributed by atoms with E-state index in [-0.39, 0.29) is 29.9 Å². The van der Waals surface area contributed by atoms with Crippen LogP contribution < -0.4 is 11.2 Å². The van der Waals surface area contributed by atoms with Gasteiger partial charge in [0.25, 0.3) is 17.4 Å². The van der Waals surface area contributed by atoms with Gasteiger partial charge in [-0.15, -0.1) is 0 Å². The SMILES string of the molecule is Cc1cn([C@@H]2C[C@@H](N3C(=O)c4ccccc4C3=O)[C@H](CO[Si](C)(C)C(C)(C)C)O2)c(=O)[nH]c1=O. The molecule has 2 aliphatic rings. The molecule has 4 rings (SSSR count). The number of nitrogens with one attached hydrogen (secondary N) is 1. The normalized spacial score (nSPS) is 23.0. The fraction of sp³-hybridized carbons (Fsp3) is 0.500. The van der Waals surface area contributed by atoms with Crippen LogP contribution in [0.4, 0.5) is 0 Å². The van der Waals surface area contributed by atoms with Crippen LogP contribution in [-0.2, 0) is 9.16 Å². The highest BCUT2D eigenvalue weighted by Crippen LogP contribution is 2.39. The minimum Gasteiger partial charge on any atom is -0.414 e. The molecule has 0 aliphatic carbocycles. The Morgan fingerprint density at radius 2 is 1.68 bits per heavy atom. The second kappa shape index (κ2) is 8.44. The maximum absolute atomic E-state index is 13.2. The lowest BCUT2D eigenvalue weighted by atomic mass is 10.1. The number of nitrogens with zero attached hydrogens (tertiary/aromatic N) is 2. The van der Waals surface area contributed by atoms with E-state index in [1.807, 2.05) is 0 Å². The van der Waals surface area contributed by atoms with E-state index < -0.39 is 37.9 Å². The van der Waals surface area contributed by atoms with Crippen LogP contribution in [0.25, 0.3) is 0 Å². The number of amides is 2. The fourth-order valence-corrected chi connectivity index (χ4v) is 5.14. The number of imide groups is 1. The molecule has 0 saturated carbocycles. The Labute approximate surface area is 198 Å². The highest BCUT2D eigenvalue weighted by Gasteiger charge is 2.49. The van der Waals surface area contributed by atoms with Crippen molar-refractivity contribution in [2.45, 2.75) is 70.6 Å². The van der Waals surface area contributed by atoms with E-state index in [4.69, 9.17) is 9.16 Å². The molecule has 1 saturated heterocycles. The molecule has 10 heteroatoms. The quantitative estimate of drug-likeness (QED) is 0.515. The molecule has 0 bridgehead atoms. The smallest absolute Gasteiger partial charge is 0.330 e. The van der Waals surface area contributed by atoms with Crippen LogP contribution in [-0.4, -0.2) is 53.3 Å². The summed E-state index contributed by atoms with van der Waals surface area (Å²) in [4.78, 5) is 54.3. The van der Waals surface area contributed by atoms with Crippen molar-refractivity contribution < 1.29 is 18.8 Å². The van der Waals surface area contributed by atoms with Gasteiger partial charge in [0.05, 0.1) is 23.8 Å². The molecular formula is C24H31N3O6Si. The van der Waals surface area contributed by atoms with Gasteiger partial charge in [0.1, 0.15) is 12.3 Å².